The summed E-state index contributed by atoms with van der Waals surface area (Å²) in [5.41, 5.74) is 0.275. The van der Waals surface area contributed by atoms with Crippen molar-refractivity contribution in [2.45, 2.75) is 24.1 Å². The van der Waals surface area contributed by atoms with E-state index in [1.807, 2.05) is 16.7 Å². The Balaban J connectivity index is 1.71. The minimum absolute atomic E-state index is 0.0278. The molecule has 2 saturated heterocycles. The SMILES string of the molecule is O=C(Cc1ccc(F)cc1F)N1C[C@H]2C[C@H]1CS2. The number of likely N-dealkylation sites (tertiary alicyclic amines) is 1. The zero-order valence-corrected chi connectivity index (χ0v) is 10.6. The monoisotopic (exact) mass is 269 g/mol. The molecule has 3 rings (SSSR count). The lowest BCUT2D eigenvalue weighted by atomic mass is 10.1. The average molecular weight is 269 g/mol. The summed E-state index contributed by atoms with van der Waals surface area (Å²) in [5, 5.41) is 0.553. The second-order valence-corrected chi connectivity index (χ2v) is 6.14. The van der Waals surface area contributed by atoms with Gasteiger partial charge in [-0.1, -0.05) is 6.07 Å². The van der Waals surface area contributed by atoms with Gasteiger partial charge in [-0.15, -0.1) is 0 Å². The van der Waals surface area contributed by atoms with Crippen LogP contribution in [0.4, 0.5) is 8.78 Å². The molecule has 96 valence electrons. The Labute approximate surface area is 108 Å². The van der Waals surface area contributed by atoms with E-state index in [-0.39, 0.29) is 17.9 Å². The average Bonchev–Trinajstić information content (AvgIpc) is 2.94. The highest BCUT2D eigenvalue weighted by Gasteiger charge is 2.40. The lowest BCUT2D eigenvalue weighted by molar-refractivity contribution is -0.131. The highest BCUT2D eigenvalue weighted by Crippen LogP contribution is 2.37. The van der Waals surface area contributed by atoms with Crippen LogP contribution in [0.25, 0.3) is 0 Å². The summed E-state index contributed by atoms with van der Waals surface area (Å²) in [6.07, 6.45) is 1.09. The van der Waals surface area contributed by atoms with Crippen LogP contribution in [-0.2, 0) is 11.2 Å². The van der Waals surface area contributed by atoms with Crippen molar-refractivity contribution < 1.29 is 13.6 Å². The van der Waals surface area contributed by atoms with Crippen molar-refractivity contribution in [3.8, 4) is 0 Å². The molecular formula is C13H13F2NOS. The fourth-order valence-corrected chi connectivity index (χ4v) is 4.07. The number of carbonyl (C=O) groups is 1. The first-order valence-electron chi connectivity index (χ1n) is 5.98. The van der Waals surface area contributed by atoms with Gasteiger partial charge in [-0.2, -0.15) is 11.8 Å². The summed E-state index contributed by atoms with van der Waals surface area (Å²) in [6.45, 7) is 0.775. The van der Waals surface area contributed by atoms with Crippen molar-refractivity contribution in [3.63, 3.8) is 0 Å². The van der Waals surface area contributed by atoms with Crippen LogP contribution >= 0.6 is 11.8 Å². The molecule has 0 radical (unpaired) electrons. The maximum Gasteiger partial charge on any atom is 0.227 e. The Morgan fingerprint density at radius 3 is 2.89 bits per heavy atom. The predicted octanol–water partition coefficient (Wildman–Crippen LogP) is 2.22. The van der Waals surface area contributed by atoms with Gasteiger partial charge >= 0.3 is 0 Å². The first kappa shape index (κ1) is 12.0. The molecule has 1 aromatic carbocycles. The normalized spacial score (nSPS) is 25.8. The molecule has 18 heavy (non-hydrogen) atoms. The van der Waals surface area contributed by atoms with Crippen LogP contribution in [0.15, 0.2) is 18.2 Å². The molecule has 0 spiro atoms. The smallest absolute Gasteiger partial charge is 0.227 e. The first-order valence-corrected chi connectivity index (χ1v) is 7.03. The standard InChI is InChI=1S/C13H13F2NOS/c14-9-2-1-8(12(15)4-9)3-13(17)16-6-11-5-10(16)7-18-11/h1-2,4,10-11H,3,5-7H2/t10-,11+/m0/s1. The van der Waals surface area contributed by atoms with E-state index >= 15 is 0 Å². The van der Waals surface area contributed by atoms with Gasteiger partial charge in [-0.25, -0.2) is 8.78 Å². The molecule has 1 amide bonds. The Morgan fingerprint density at radius 1 is 1.44 bits per heavy atom. The fourth-order valence-electron chi connectivity index (χ4n) is 2.63. The molecule has 5 heteroatoms. The third kappa shape index (κ3) is 2.11. The molecule has 1 aromatic rings. The van der Waals surface area contributed by atoms with Crippen LogP contribution in [-0.4, -0.2) is 34.4 Å². The maximum atomic E-state index is 13.5. The molecule has 0 aliphatic carbocycles. The van der Waals surface area contributed by atoms with Crippen LogP contribution in [0.3, 0.4) is 0 Å². The number of thioether (sulfide) groups is 1. The highest BCUT2D eigenvalue weighted by molar-refractivity contribution is 8.00. The van der Waals surface area contributed by atoms with E-state index in [0.717, 1.165) is 24.8 Å². The largest absolute Gasteiger partial charge is 0.337 e. The quantitative estimate of drug-likeness (QED) is 0.820. The van der Waals surface area contributed by atoms with Crippen LogP contribution in [0.5, 0.6) is 0 Å². The maximum absolute atomic E-state index is 13.5. The molecule has 2 bridgehead atoms. The fraction of sp³-hybridized carbons (Fsp3) is 0.462. The van der Waals surface area contributed by atoms with Crippen LogP contribution in [0, 0.1) is 11.6 Å². The number of amides is 1. The summed E-state index contributed by atoms with van der Waals surface area (Å²) in [4.78, 5) is 13.9. The van der Waals surface area contributed by atoms with Crippen LogP contribution in [0.2, 0.25) is 0 Å². The Kier molecular flexibility index (Phi) is 3.01. The van der Waals surface area contributed by atoms with Gasteiger partial charge in [0.15, 0.2) is 0 Å². The van der Waals surface area contributed by atoms with E-state index in [1.54, 1.807) is 0 Å². The number of nitrogens with zero attached hydrogens (tertiary/aromatic N) is 1. The number of fused-ring (bicyclic) bond motifs is 2. The van der Waals surface area contributed by atoms with Gasteiger partial charge in [0.2, 0.25) is 5.91 Å². The van der Waals surface area contributed by atoms with Crippen molar-refractivity contribution in [2.24, 2.45) is 0 Å². The lowest BCUT2D eigenvalue weighted by Crippen LogP contribution is -2.40. The summed E-state index contributed by atoms with van der Waals surface area (Å²) in [7, 11) is 0. The summed E-state index contributed by atoms with van der Waals surface area (Å²) in [6, 6.07) is 3.69. The molecule has 2 fully saturated rings. The minimum atomic E-state index is -0.637. The Bertz CT molecular complexity index is 494. The van der Waals surface area contributed by atoms with E-state index in [9.17, 15) is 13.6 Å². The van der Waals surface area contributed by atoms with Gasteiger partial charge in [0, 0.05) is 29.7 Å². The number of rotatable bonds is 2. The third-order valence-electron chi connectivity index (χ3n) is 3.58. The summed E-state index contributed by atoms with van der Waals surface area (Å²) >= 11 is 1.91. The topological polar surface area (TPSA) is 20.3 Å². The van der Waals surface area contributed by atoms with Gasteiger partial charge in [-0.05, 0) is 18.1 Å². The summed E-state index contributed by atoms with van der Waals surface area (Å²) in [5.74, 6) is -0.307. The van der Waals surface area contributed by atoms with Crippen LogP contribution in [0.1, 0.15) is 12.0 Å². The molecular weight excluding hydrogens is 256 g/mol. The van der Waals surface area contributed by atoms with Gasteiger partial charge in [0.1, 0.15) is 11.6 Å². The van der Waals surface area contributed by atoms with E-state index in [4.69, 9.17) is 0 Å². The van der Waals surface area contributed by atoms with Gasteiger partial charge in [-0.3, -0.25) is 4.79 Å². The van der Waals surface area contributed by atoms with Crippen molar-refractivity contribution in [3.05, 3.63) is 35.4 Å². The van der Waals surface area contributed by atoms with E-state index in [1.165, 1.54) is 12.1 Å². The zero-order valence-electron chi connectivity index (χ0n) is 9.73. The molecule has 0 saturated carbocycles. The van der Waals surface area contributed by atoms with Crippen LogP contribution < -0.4 is 0 Å². The van der Waals surface area contributed by atoms with E-state index in [2.05, 4.69) is 0 Å². The van der Waals surface area contributed by atoms with Crippen molar-refractivity contribution >= 4 is 17.7 Å². The van der Waals surface area contributed by atoms with Crippen molar-refractivity contribution in [1.29, 1.82) is 0 Å². The molecule has 2 nitrogen and oxygen atoms in total. The Morgan fingerprint density at radius 2 is 2.28 bits per heavy atom. The highest BCUT2D eigenvalue weighted by atomic mass is 32.2. The molecule has 2 heterocycles. The number of hydrogen-bond acceptors (Lipinski definition) is 2. The summed E-state index contributed by atoms with van der Waals surface area (Å²) < 4.78 is 26.2. The molecule has 2 atom stereocenters. The molecule has 0 aromatic heterocycles. The van der Waals surface area contributed by atoms with Gasteiger partial charge in [0.25, 0.3) is 0 Å². The first-order chi connectivity index (χ1) is 8.63. The minimum Gasteiger partial charge on any atom is -0.337 e. The van der Waals surface area contributed by atoms with Gasteiger partial charge in [0.05, 0.1) is 6.42 Å². The zero-order chi connectivity index (χ0) is 12.7. The third-order valence-corrected chi connectivity index (χ3v) is 4.97. The molecule has 2 aliphatic heterocycles. The second kappa shape index (κ2) is 4.53. The Hall–Kier alpha value is -1.10. The molecule has 2 aliphatic rings. The predicted molar refractivity (Wildman–Crippen MR) is 66.4 cm³/mol. The number of halogens is 2. The molecule has 0 N–H and O–H groups in total. The van der Waals surface area contributed by atoms with Crippen molar-refractivity contribution in [1.82, 2.24) is 4.90 Å². The van der Waals surface area contributed by atoms with E-state index in [0.29, 0.717) is 11.3 Å². The lowest BCUT2D eigenvalue weighted by Gasteiger charge is -2.26. The van der Waals surface area contributed by atoms with E-state index < -0.39 is 11.6 Å². The second-order valence-electron chi connectivity index (χ2n) is 4.80. The number of benzene rings is 1. The van der Waals surface area contributed by atoms with Gasteiger partial charge < -0.3 is 4.90 Å². The molecule has 0 unspecified atom stereocenters. The van der Waals surface area contributed by atoms with Crippen molar-refractivity contribution in [2.75, 3.05) is 12.3 Å². The number of carbonyl (C=O) groups excluding carboxylic acids is 1. The number of hydrogen-bond donors (Lipinski definition) is 0.